The van der Waals surface area contributed by atoms with Crippen LogP contribution in [-0.4, -0.2) is 22.5 Å². The van der Waals surface area contributed by atoms with Gasteiger partial charge >= 0.3 is 0 Å². The average molecular weight is 292 g/mol. The molecular formula is C12H15Cl2NOS. The van der Waals surface area contributed by atoms with Crippen LogP contribution in [0.2, 0.25) is 10.0 Å². The summed E-state index contributed by atoms with van der Waals surface area (Å²) in [7, 11) is -0.979. The van der Waals surface area contributed by atoms with Crippen LogP contribution in [0.3, 0.4) is 0 Å². The molecule has 94 valence electrons. The molecule has 5 heteroatoms. The van der Waals surface area contributed by atoms with E-state index in [1.807, 2.05) is 0 Å². The Bertz CT molecular complexity index is 421. The van der Waals surface area contributed by atoms with E-state index < -0.39 is 10.8 Å². The van der Waals surface area contributed by atoms with Crippen molar-refractivity contribution in [3.05, 3.63) is 28.2 Å². The van der Waals surface area contributed by atoms with Crippen molar-refractivity contribution in [1.29, 1.82) is 0 Å². The first-order valence-electron chi connectivity index (χ1n) is 5.73. The van der Waals surface area contributed by atoms with E-state index in [1.165, 1.54) is 12.8 Å². The number of benzene rings is 1. The van der Waals surface area contributed by atoms with Crippen molar-refractivity contribution in [2.24, 2.45) is 0 Å². The molecule has 0 spiro atoms. The van der Waals surface area contributed by atoms with Crippen LogP contribution in [0.15, 0.2) is 23.1 Å². The molecule has 2 rings (SSSR count). The van der Waals surface area contributed by atoms with Gasteiger partial charge in [-0.05, 0) is 44.0 Å². The third kappa shape index (κ3) is 4.25. The van der Waals surface area contributed by atoms with Gasteiger partial charge in [0.05, 0.1) is 20.8 Å². The molecule has 0 radical (unpaired) electrons. The first-order chi connectivity index (χ1) is 8.16. The number of rotatable bonds is 6. The lowest BCUT2D eigenvalue weighted by Gasteiger charge is -2.04. The summed E-state index contributed by atoms with van der Waals surface area (Å²) in [6.07, 6.45) is 3.50. The summed E-state index contributed by atoms with van der Waals surface area (Å²) in [5.41, 5.74) is 0. The second kappa shape index (κ2) is 6.19. The van der Waals surface area contributed by atoms with E-state index in [2.05, 4.69) is 5.32 Å². The number of hydrogen-bond donors (Lipinski definition) is 1. The SMILES string of the molecule is O=S(CCCNC1CC1)c1ccc(Cl)c(Cl)c1. The van der Waals surface area contributed by atoms with E-state index >= 15 is 0 Å². The Kier molecular flexibility index (Phi) is 4.86. The Balaban J connectivity index is 1.79. The molecule has 1 aromatic rings. The lowest BCUT2D eigenvalue weighted by Crippen LogP contribution is -2.19. The van der Waals surface area contributed by atoms with Crippen LogP contribution in [0, 0.1) is 0 Å². The second-order valence-corrected chi connectivity index (χ2v) is 6.59. The monoisotopic (exact) mass is 291 g/mol. The molecule has 0 heterocycles. The Morgan fingerprint density at radius 1 is 1.29 bits per heavy atom. The van der Waals surface area contributed by atoms with Crippen LogP contribution in [0.25, 0.3) is 0 Å². The molecule has 1 N–H and O–H groups in total. The zero-order valence-electron chi connectivity index (χ0n) is 9.42. The average Bonchev–Trinajstić information content (AvgIpc) is 3.12. The molecule has 0 saturated heterocycles. The van der Waals surface area contributed by atoms with Crippen molar-refractivity contribution in [1.82, 2.24) is 5.32 Å². The maximum absolute atomic E-state index is 12.0. The predicted molar refractivity (Wildman–Crippen MR) is 73.4 cm³/mol. The van der Waals surface area contributed by atoms with Crippen molar-refractivity contribution in [3.8, 4) is 0 Å². The van der Waals surface area contributed by atoms with E-state index in [0.29, 0.717) is 21.8 Å². The van der Waals surface area contributed by atoms with Gasteiger partial charge in [0.25, 0.3) is 0 Å². The van der Waals surface area contributed by atoms with E-state index in [4.69, 9.17) is 23.2 Å². The van der Waals surface area contributed by atoms with E-state index in [1.54, 1.807) is 18.2 Å². The molecule has 1 atom stereocenters. The minimum Gasteiger partial charge on any atom is -0.314 e. The highest BCUT2D eigenvalue weighted by molar-refractivity contribution is 7.85. The number of halogens is 2. The standard InChI is InChI=1S/C12H15Cl2NOS/c13-11-5-4-10(8-12(11)14)17(16)7-1-6-15-9-2-3-9/h4-5,8-9,15H,1-3,6-7H2. The molecule has 1 fully saturated rings. The zero-order chi connectivity index (χ0) is 12.3. The maximum atomic E-state index is 12.0. The van der Waals surface area contributed by atoms with E-state index in [9.17, 15) is 4.21 Å². The molecule has 1 saturated carbocycles. The Labute approximate surface area is 114 Å². The largest absolute Gasteiger partial charge is 0.314 e. The van der Waals surface area contributed by atoms with Gasteiger partial charge in [-0.2, -0.15) is 0 Å². The van der Waals surface area contributed by atoms with E-state index in [-0.39, 0.29) is 0 Å². The summed E-state index contributed by atoms with van der Waals surface area (Å²) in [5.74, 6) is 0.664. The Hall–Kier alpha value is -0.0900. The second-order valence-electron chi connectivity index (χ2n) is 4.21. The highest BCUT2D eigenvalue weighted by Gasteiger charge is 2.19. The maximum Gasteiger partial charge on any atom is 0.0604 e. The quantitative estimate of drug-likeness (QED) is 0.816. The fraction of sp³-hybridized carbons (Fsp3) is 0.500. The Morgan fingerprint density at radius 2 is 2.06 bits per heavy atom. The van der Waals surface area contributed by atoms with Crippen LogP contribution >= 0.6 is 23.2 Å². The van der Waals surface area contributed by atoms with Crippen molar-refractivity contribution in [3.63, 3.8) is 0 Å². The molecular weight excluding hydrogens is 277 g/mol. The summed E-state index contributed by atoms with van der Waals surface area (Å²) in [6, 6.07) is 5.88. The van der Waals surface area contributed by atoms with Crippen molar-refractivity contribution < 1.29 is 4.21 Å². The van der Waals surface area contributed by atoms with Crippen molar-refractivity contribution in [2.75, 3.05) is 12.3 Å². The summed E-state index contributed by atoms with van der Waals surface area (Å²) < 4.78 is 12.0. The van der Waals surface area contributed by atoms with Crippen LogP contribution in [0.4, 0.5) is 0 Å². The molecule has 0 aromatic heterocycles. The third-order valence-electron chi connectivity index (χ3n) is 2.67. The molecule has 1 aliphatic carbocycles. The number of hydrogen-bond acceptors (Lipinski definition) is 2. The topological polar surface area (TPSA) is 29.1 Å². The summed E-state index contributed by atoms with van der Waals surface area (Å²) in [6.45, 7) is 0.942. The fourth-order valence-electron chi connectivity index (χ4n) is 1.53. The highest BCUT2D eigenvalue weighted by atomic mass is 35.5. The van der Waals surface area contributed by atoms with Gasteiger partial charge in [-0.3, -0.25) is 4.21 Å². The first-order valence-corrected chi connectivity index (χ1v) is 7.81. The molecule has 1 aromatic carbocycles. The minimum atomic E-state index is -0.979. The summed E-state index contributed by atoms with van der Waals surface area (Å²) >= 11 is 11.7. The van der Waals surface area contributed by atoms with Gasteiger partial charge < -0.3 is 5.32 Å². The fourth-order valence-corrected chi connectivity index (χ4v) is 3.01. The van der Waals surface area contributed by atoms with Gasteiger partial charge in [0.2, 0.25) is 0 Å². The van der Waals surface area contributed by atoms with Crippen LogP contribution in [0.1, 0.15) is 19.3 Å². The lowest BCUT2D eigenvalue weighted by molar-refractivity contribution is 0.657. The molecule has 0 aliphatic heterocycles. The molecule has 1 unspecified atom stereocenters. The lowest BCUT2D eigenvalue weighted by atomic mass is 10.4. The molecule has 17 heavy (non-hydrogen) atoms. The predicted octanol–water partition coefficient (Wildman–Crippen LogP) is 3.24. The van der Waals surface area contributed by atoms with Crippen LogP contribution < -0.4 is 5.32 Å². The van der Waals surface area contributed by atoms with Gasteiger partial charge in [-0.15, -0.1) is 0 Å². The van der Waals surface area contributed by atoms with Gasteiger partial charge in [-0.25, -0.2) is 0 Å². The Morgan fingerprint density at radius 3 is 2.71 bits per heavy atom. The van der Waals surface area contributed by atoms with Gasteiger partial charge in [-0.1, -0.05) is 23.2 Å². The molecule has 1 aliphatic rings. The minimum absolute atomic E-state index is 0.466. The smallest absolute Gasteiger partial charge is 0.0604 e. The number of nitrogens with one attached hydrogen (secondary N) is 1. The van der Waals surface area contributed by atoms with E-state index in [0.717, 1.165) is 17.9 Å². The third-order valence-corrected chi connectivity index (χ3v) is 4.85. The van der Waals surface area contributed by atoms with Gasteiger partial charge in [0, 0.05) is 16.7 Å². The zero-order valence-corrected chi connectivity index (χ0v) is 11.7. The van der Waals surface area contributed by atoms with Gasteiger partial charge in [0.1, 0.15) is 0 Å². The van der Waals surface area contributed by atoms with Crippen molar-refractivity contribution in [2.45, 2.75) is 30.2 Å². The van der Waals surface area contributed by atoms with Gasteiger partial charge in [0.15, 0.2) is 0 Å². The molecule has 0 amide bonds. The van der Waals surface area contributed by atoms with Crippen molar-refractivity contribution >= 4 is 34.0 Å². The summed E-state index contributed by atoms with van der Waals surface area (Å²) in [5, 5.41) is 4.37. The normalized spacial score (nSPS) is 17.1. The first kappa shape index (κ1) is 13.3. The highest BCUT2D eigenvalue weighted by Crippen LogP contribution is 2.24. The van der Waals surface area contributed by atoms with Crippen LogP contribution in [-0.2, 0) is 10.8 Å². The van der Waals surface area contributed by atoms with Crippen LogP contribution in [0.5, 0.6) is 0 Å². The molecule has 0 bridgehead atoms. The molecule has 2 nitrogen and oxygen atoms in total. The summed E-state index contributed by atoms with van der Waals surface area (Å²) in [4.78, 5) is 0.755.